The number of carbonyl (C=O) groups excluding carboxylic acids is 1. The average Bonchev–Trinajstić information content (AvgIpc) is 2.89. The van der Waals surface area contributed by atoms with Crippen LogP contribution in [0.3, 0.4) is 0 Å². The number of amides is 2. The van der Waals surface area contributed by atoms with Gasteiger partial charge < -0.3 is 20.4 Å². The minimum Gasteiger partial charge on any atom is -0.354 e. The molecular weight excluding hydrogens is 542 g/mol. The first-order chi connectivity index (χ1) is 18.4. The number of anilines is 3. The number of nitrogens with zero attached hydrogens (tertiary/aromatic N) is 2. The van der Waals surface area contributed by atoms with Crippen LogP contribution in [0.25, 0.3) is 0 Å². The zero-order valence-corrected chi connectivity index (χ0v) is 22.7. The zero-order chi connectivity index (χ0) is 28.2. The molecule has 4 rings (SSSR count). The number of carbonyl (C=O) groups is 1. The Bertz CT molecular complexity index is 1570. The molecule has 3 aromatic carbocycles. The van der Waals surface area contributed by atoms with Gasteiger partial charge in [0.1, 0.15) is 5.84 Å². The van der Waals surface area contributed by atoms with Gasteiger partial charge in [-0.05, 0) is 67.7 Å². The fourth-order valence-corrected chi connectivity index (χ4v) is 5.47. The van der Waals surface area contributed by atoms with E-state index >= 15 is 0 Å². The van der Waals surface area contributed by atoms with Crippen molar-refractivity contribution in [1.29, 1.82) is 5.41 Å². The number of nitrogens with one attached hydrogen (secondary N) is 4. The van der Waals surface area contributed by atoms with Gasteiger partial charge in [0.2, 0.25) is 10.0 Å². The molecule has 0 radical (unpaired) electrons. The number of nitrogens with two attached hydrogens (primary N) is 1. The van der Waals surface area contributed by atoms with E-state index < -0.39 is 26.1 Å². The van der Waals surface area contributed by atoms with Crippen molar-refractivity contribution in [1.82, 2.24) is 9.80 Å². The summed E-state index contributed by atoms with van der Waals surface area (Å²) in [4.78, 5) is 16.6. The molecule has 1 heterocycles. The van der Waals surface area contributed by atoms with Crippen LogP contribution in [0, 0.1) is 5.41 Å². The highest BCUT2D eigenvalue weighted by Gasteiger charge is 2.18. The van der Waals surface area contributed by atoms with Crippen LogP contribution < -0.4 is 20.5 Å². The summed E-state index contributed by atoms with van der Waals surface area (Å²) in [6.45, 7) is 3.29. The van der Waals surface area contributed by atoms with Gasteiger partial charge in [0.15, 0.2) is 0 Å². The first kappa shape index (κ1) is 28.0. The van der Waals surface area contributed by atoms with Gasteiger partial charge in [-0.15, -0.1) is 0 Å². The van der Waals surface area contributed by atoms with Crippen molar-refractivity contribution in [3.05, 3.63) is 78.4 Å². The summed E-state index contributed by atoms with van der Waals surface area (Å²) in [5.74, 6) is 0.401. The first-order valence-electron chi connectivity index (χ1n) is 11.9. The van der Waals surface area contributed by atoms with Crippen LogP contribution in [0.4, 0.5) is 21.9 Å². The van der Waals surface area contributed by atoms with Gasteiger partial charge >= 0.3 is 6.03 Å². The molecule has 1 aliphatic heterocycles. The Morgan fingerprint density at radius 1 is 0.795 bits per heavy atom. The molecule has 0 unspecified atom stereocenters. The molecular formula is C25H29N7O5S2. The highest BCUT2D eigenvalue weighted by molar-refractivity contribution is 7.92. The van der Waals surface area contributed by atoms with Gasteiger partial charge in [-0.1, -0.05) is 12.1 Å². The second-order valence-corrected chi connectivity index (χ2v) is 12.2. The lowest BCUT2D eigenvalue weighted by atomic mass is 10.1. The minimum atomic E-state index is -3.97. The lowest BCUT2D eigenvalue weighted by Gasteiger charge is -2.34. The molecule has 3 aromatic rings. The summed E-state index contributed by atoms with van der Waals surface area (Å²) >= 11 is 0. The number of benzene rings is 3. The highest BCUT2D eigenvalue weighted by atomic mass is 32.2. The largest absolute Gasteiger partial charge is 0.354 e. The van der Waals surface area contributed by atoms with E-state index in [1.807, 2.05) is 18.0 Å². The van der Waals surface area contributed by atoms with Crippen LogP contribution in [0.5, 0.6) is 0 Å². The standard InChI is InChI=1S/C25H29N7O5S2/c1-31-13-15-32(16-14-31)24(26)18-3-2-4-21(17-18)29-25(33)28-19-5-11-23(12-6-19)39(36,37)30-20-7-9-22(10-8-20)38(27,34)35/h2-12,17,26,30H,13-16H2,1H3,(H2,27,34,35)(H2,28,29,33). The average molecular weight is 572 g/mol. The van der Waals surface area contributed by atoms with E-state index in [1.54, 1.807) is 18.2 Å². The predicted molar refractivity (Wildman–Crippen MR) is 150 cm³/mol. The van der Waals surface area contributed by atoms with Crippen LogP contribution in [-0.2, 0) is 20.0 Å². The van der Waals surface area contributed by atoms with Crippen molar-refractivity contribution in [3.8, 4) is 0 Å². The van der Waals surface area contributed by atoms with Crippen LogP contribution >= 0.6 is 0 Å². The first-order valence-corrected chi connectivity index (χ1v) is 14.9. The third kappa shape index (κ3) is 7.32. The van der Waals surface area contributed by atoms with Crippen molar-refractivity contribution in [2.45, 2.75) is 9.79 Å². The molecule has 1 saturated heterocycles. The number of likely N-dealkylation sites (N-methyl/N-ethyl adjacent to an activating group) is 1. The van der Waals surface area contributed by atoms with Crippen molar-refractivity contribution in [2.75, 3.05) is 48.6 Å². The number of hydrogen-bond acceptors (Lipinski definition) is 7. The van der Waals surface area contributed by atoms with Crippen molar-refractivity contribution < 1.29 is 21.6 Å². The number of amidine groups is 1. The van der Waals surface area contributed by atoms with Gasteiger partial charge in [0.25, 0.3) is 10.0 Å². The Hall–Kier alpha value is -3.98. The normalized spacial score (nSPS) is 14.5. The zero-order valence-electron chi connectivity index (χ0n) is 21.1. The number of piperazine rings is 1. The fourth-order valence-electron chi connectivity index (χ4n) is 3.89. The molecule has 2 amide bonds. The topological polar surface area (TPSA) is 178 Å². The van der Waals surface area contributed by atoms with E-state index in [4.69, 9.17) is 10.5 Å². The van der Waals surface area contributed by atoms with E-state index in [1.165, 1.54) is 48.5 Å². The summed E-state index contributed by atoms with van der Waals surface area (Å²) in [6, 6.07) is 17.0. The summed E-state index contributed by atoms with van der Waals surface area (Å²) in [5, 5.41) is 19.0. The molecule has 1 aliphatic rings. The Morgan fingerprint density at radius 3 is 1.97 bits per heavy atom. The maximum Gasteiger partial charge on any atom is 0.323 e. The third-order valence-corrected chi connectivity index (χ3v) is 8.40. The van der Waals surface area contributed by atoms with Crippen molar-refractivity contribution in [2.24, 2.45) is 5.14 Å². The molecule has 1 fully saturated rings. The fraction of sp³-hybridized carbons (Fsp3) is 0.200. The Kier molecular flexibility index (Phi) is 8.20. The number of primary sulfonamides is 1. The van der Waals surface area contributed by atoms with E-state index in [-0.39, 0.29) is 15.5 Å². The number of sulfonamides is 2. The molecule has 14 heteroatoms. The number of rotatable bonds is 7. The summed E-state index contributed by atoms with van der Waals surface area (Å²) < 4.78 is 50.5. The monoisotopic (exact) mass is 571 g/mol. The summed E-state index contributed by atoms with van der Waals surface area (Å²) in [6.07, 6.45) is 0. The van der Waals surface area contributed by atoms with E-state index in [9.17, 15) is 21.6 Å². The third-order valence-electron chi connectivity index (χ3n) is 6.07. The minimum absolute atomic E-state index is 0.0564. The Morgan fingerprint density at radius 2 is 1.36 bits per heavy atom. The number of hydrogen-bond donors (Lipinski definition) is 5. The molecule has 6 N–H and O–H groups in total. The predicted octanol–water partition coefficient (Wildman–Crippen LogP) is 2.35. The van der Waals surface area contributed by atoms with Gasteiger partial charge in [0, 0.05) is 48.8 Å². The van der Waals surface area contributed by atoms with Gasteiger partial charge in [-0.3, -0.25) is 10.1 Å². The Labute approximate surface area is 227 Å². The lowest BCUT2D eigenvalue weighted by molar-refractivity contribution is 0.215. The highest BCUT2D eigenvalue weighted by Crippen LogP contribution is 2.20. The quantitative estimate of drug-likeness (QED) is 0.213. The smallest absolute Gasteiger partial charge is 0.323 e. The lowest BCUT2D eigenvalue weighted by Crippen LogP contribution is -2.47. The van der Waals surface area contributed by atoms with E-state index in [2.05, 4.69) is 20.3 Å². The molecule has 0 spiro atoms. The molecule has 0 aromatic heterocycles. The number of urea groups is 1. The van der Waals surface area contributed by atoms with Gasteiger partial charge in [-0.2, -0.15) is 0 Å². The molecule has 12 nitrogen and oxygen atoms in total. The molecule has 39 heavy (non-hydrogen) atoms. The summed E-state index contributed by atoms with van der Waals surface area (Å²) in [5.41, 5.74) is 1.73. The molecule has 0 atom stereocenters. The Balaban J connectivity index is 1.35. The van der Waals surface area contributed by atoms with Crippen LogP contribution in [-0.4, -0.2) is 71.7 Å². The molecule has 0 bridgehead atoms. The summed E-state index contributed by atoms with van der Waals surface area (Å²) in [7, 11) is -5.81. The second kappa shape index (κ2) is 11.4. The van der Waals surface area contributed by atoms with Crippen LogP contribution in [0.2, 0.25) is 0 Å². The SMILES string of the molecule is CN1CCN(C(=N)c2cccc(NC(=O)Nc3ccc(S(=O)(=O)Nc4ccc(S(N)(=O)=O)cc4)cc3)c2)CC1. The maximum absolute atomic E-state index is 12.7. The second-order valence-electron chi connectivity index (χ2n) is 9.00. The molecule has 206 valence electrons. The van der Waals surface area contributed by atoms with Crippen LogP contribution in [0.15, 0.2) is 82.6 Å². The van der Waals surface area contributed by atoms with Crippen molar-refractivity contribution >= 4 is 49.0 Å². The molecule has 0 saturated carbocycles. The molecule has 0 aliphatic carbocycles. The van der Waals surface area contributed by atoms with Gasteiger partial charge in [-0.25, -0.2) is 26.8 Å². The van der Waals surface area contributed by atoms with Crippen molar-refractivity contribution in [3.63, 3.8) is 0 Å². The van der Waals surface area contributed by atoms with E-state index in [0.717, 1.165) is 26.2 Å². The van der Waals surface area contributed by atoms with Crippen LogP contribution in [0.1, 0.15) is 5.56 Å². The van der Waals surface area contributed by atoms with Gasteiger partial charge in [0.05, 0.1) is 9.79 Å². The van der Waals surface area contributed by atoms with E-state index in [0.29, 0.717) is 22.8 Å². The maximum atomic E-state index is 12.7.